The summed E-state index contributed by atoms with van der Waals surface area (Å²) in [5.74, 6) is -0.292. The molecule has 0 radical (unpaired) electrons. The summed E-state index contributed by atoms with van der Waals surface area (Å²) in [7, 11) is 1.54. The largest absolute Gasteiger partial charge is 0.354 e. The van der Waals surface area contributed by atoms with Crippen LogP contribution in [0.15, 0.2) is 36.4 Å². The average Bonchev–Trinajstić information content (AvgIpc) is 2.46. The fraction of sp³-hybridized carbons (Fsp3) is 0.188. The first-order valence-electron chi connectivity index (χ1n) is 6.36. The standard InChI is InChI=1S/C16H16N2O2/c1-11-4-3-5-12(6-11)7-14-8-13(10-19)9-15(18-14)16(20)17-2/h3-6,8-10H,7H2,1-2H3,(H,17,20). The third kappa shape index (κ3) is 3.29. The molecule has 1 N–H and O–H groups in total. The summed E-state index contributed by atoms with van der Waals surface area (Å²) in [6, 6.07) is 11.3. The number of aryl methyl sites for hydroxylation is 1. The maximum absolute atomic E-state index is 11.7. The van der Waals surface area contributed by atoms with Crippen molar-refractivity contribution in [3.05, 3.63) is 64.5 Å². The molecule has 0 atom stereocenters. The van der Waals surface area contributed by atoms with Crippen molar-refractivity contribution in [1.82, 2.24) is 10.3 Å². The van der Waals surface area contributed by atoms with E-state index in [0.29, 0.717) is 17.7 Å². The van der Waals surface area contributed by atoms with E-state index in [0.717, 1.165) is 11.8 Å². The number of nitrogens with one attached hydrogen (secondary N) is 1. The van der Waals surface area contributed by atoms with Crippen molar-refractivity contribution in [3.63, 3.8) is 0 Å². The van der Waals surface area contributed by atoms with Crippen LogP contribution in [0.5, 0.6) is 0 Å². The second-order valence-electron chi connectivity index (χ2n) is 4.64. The Morgan fingerprint density at radius 1 is 1.30 bits per heavy atom. The molecule has 0 aliphatic heterocycles. The van der Waals surface area contributed by atoms with Gasteiger partial charge in [0.2, 0.25) is 0 Å². The highest BCUT2D eigenvalue weighted by Gasteiger charge is 2.09. The number of nitrogens with zero attached hydrogens (tertiary/aromatic N) is 1. The van der Waals surface area contributed by atoms with E-state index in [1.165, 1.54) is 18.7 Å². The molecule has 0 spiro atoms. The Hall–Kier alpha value is -2.49. The lowest BCUT2D eigenvalue weighted by Gasteiger charge is -2.06. The zero-order valence-corrected chi connectivity index (χ0v) is 11.5. The highest BCUT2D eigenvalue weighted by Crippen LogP contribution is 2.12. The molecule has 2 rings (SSSR count). The normalized spacial score (nSPS) is 10.1. The lowest BCUT2D eigenvalue weighted by Crippen LogP contribution is -2.20. The van der Waals surface area contributed by atoms with Gasteiger partial charge in [-0.25, -0.2) is 4.98 Å². The molecular formula is C16H16N2O2. The van der Waals surface area contributed by atoms with E-state index in [-0.39, 0.29) is 11.6 Å². The minimum Gasteiger partial charge on any atom is -0.354 e. The Kier molecular flexibility index (Phi) is 4.25. The van der Waals surface area contributed by atoms with Crippen molar-refractivity contribution in [1.29, 1.82) is 0 Å². The number of rotatable bonds is 4. The molecule has 0 aliphatic rings. The van der Waals surface area contributed by atoms with Gasteiger partial charge in [-0.3, -0.25) is 9.59 Å². The Balaban J connectivity index is 2.35. The van der Waals surface area contributed by atoms with E-state index in [1.807, 2.05) is 25.1 Å². The van der Waals surface area contributed by atoms with Crippen LogP contribution in [0.2, 0.25) is 0 Å². The molecule has 4 nitrogen and oxygen atoms in total. The first-order valence-corrected chi connectivity index (χ1v) is 6.36. The predicted molar refractivity (Wildman–Crippen MR) is 77.0 cm³/mol. The van der Waals surface area contributed by atoms with Gasteiger partial charge in [-0.15, -0.1) is 0 Å². The number of aromatic nitrogens is 1. The number of carbonyl (C=O) groups excluding carboxylic acids is 2. The molecule has 0 unspecified atom stereocenters. The fourth-order valence-corrected chi connectivity index (χ4v) is 2.05. The monoisotopic (exact) mass is 268 g/mol. The third-order valence-corrected chi connectivity index (χ3v) is 2.96. The lowest BCUT2D eigenvalue weighted by atomic mass is 10.1. The van der Waals surface area contributed by atoms with E-state index >= 15 is 0 Å². The SMILES string of the molecule is CNC(=O)c1cc(C=O)cc(Cc2cccc(C)c2)n1. The molecule has 1 aromatic carbocycles. The van der Waals surface area contributed by atoms with Gasteiger partial charge in [-0.2, -0.15) is 0 Å². The fourth-order valence-electron chi connectivity index (χ4n) is 2.05. The van der Waals surface area contributed by atoms with Gasteiger partial charge >= 0.3 is 0 Å². The van der Waals surface area contributed by atoms with Gasteiger partial charge in [0.1, 0.15) is 12.0 Å². The van der Waals surface area contributed by atoms with Gasteiger partial charge in [0.25, 0.3) is 5.91 Å². The van der Waals surface area contributed by atoms with Crippen LogP contribution in [0.25, 0.3) is 0 Å². The number of amides is 1. The van der Waals surface area contributed by atoms with Crippen molar-refractivity contribution < 1.29 is 9.59 Å². The van der Waals surface area contributed by atoms with Crippen LogP contribution in [0.3, 0.4) is 0 Å². The maximum atomic E-state index is 11.7. The predicted octanol–water partition coefficient (Wildman–Crippen LogP) is 2.15. The van der Waals surface area contributed by atoms with Crippen molar-refractivity contribution in [2.45, 2.75) is 13.3 Å². The molecule has 0 fully saturated rings. The molecular weight excluding hydrogens is 252 g/mol. The van der Waals surface area contributed by atoms with Gasteiger partial charge in [-0.1, -0.05) is 29.8 Å². The number of carbonyl (C=O) groups is 2. The smallest absolute Gasteiger partial charge is 0.269 e. The van der Waals surface area contributed by atoms with Gasteiger partial charge in [0, 0.05) is 24.7 Å². The first kappa shape index (κ1) is 13.9. The first-order chi connectivity index (χ1) is 9.62. The number of benzene rings is 1. The van der Waals surface area contributed by atoms with Crippen LogP contribution in [0.4, 0.5) is 0 Å². The molecule has 0 bridgehead atoms. The molecule has 0 saturated heterocycles. The van der Waals surface area contributed by atoms with Gasteiger partial charge in [-0.05, 0) is 24.6 Å². The van der Waals surface area contributed by atoms with E-state index < -0.39 is 0 Å². The minimum atomic E-state index is -0.292. The van der Waals surface area contributed by atoms with E-state index in [2.05, 4.69) is 16.4 Å². The van der Waals surface area contributed by atoms with Crippen LogP contribution >= 0.6 is 0 Å². The summed E-state index contributed by atoms with van der Waals surface area (Å²) in [5, 5.41) is 2.52. The van der Waals surface area contributed by atoms with E-state index in [4.69, 9.17) is 0 Å². The highest BCUT2D eigenvalue weighted by atomic mass is 16.1. The summed E-state index contributed by atoms with van der Waals surface area (Å²) in [4.78, 5) is 26.9. The summed E-state index contributed by atoms with van der Waals surface area (Å²) < 4.78 is 0. The third-order valence-electron chi connectivity index (χ3n) is 2.96. The number of hydrogen-bond acceptors (Lipinski definition) is 3. The molecule has 1 heterocycles. The summed E-state index contributed by atoms with van der Waals surface area (Å²) in [6.45, 7) is 2.02. The van der Waals surface area contributed by atoms with Crippen molar-refractivity contribution in [2.24, 2.45) is 0 Å². The molecule has 4 heteroatoms. The zero-order chi connectivity index (χ0) is 14.5. The van der Waals surface area contributed by atoms with Crippen LogP contribution in [0, 0.1) is 6.92 Å². The quantitative estimate of drug-likeness (QED) is 0.864. The van der Waals surface area contributed by atoms with Crippen LogP contribution in [-0.2, 0) is 6.42 Å². The topological polar surface area (TPSA) is 59.1 Å². The Bertz CT molecular complexity index is 651. The van der Waals surface area contributed by atoms with Crippen LogP contribution in [-0.4, -0.2) is 24.2 Å². The molecule has 2 aromatic rings. The highest BCUT2D eigenvalue weighted by molar-refractivity contribution is 5.93. The number of pyridine rings is 1. The molecule has 1 amide bonds. The average molecular weight is 268 g/mol. The van der Waals surface area contributed by atoms with E-state index in [1.54, 1.807) is 6.07 Å². The lowest BCUT2D eigenvalue weighted by molar-refractivity contribution is 0.0958. The Morgan fingerprint density at radius 3 is 2.75 bits per heavy atom. The molecule has 0 aliphatic carbocycles. The second-order valence-corrected chi connectivity index (χ2v) is 4.64. The van der Waals surface area contributed by atoms with Gasteiger partial charge in [0.15, 0.2) is 0 Å². The number of hydrogen-bond donors (Lipinski definition) is 1. The minimum absolute atomic E-state index is 0.264. The molecule has 1 aromatic heterocycles. The van der Waals surface area contributed by atoms with Gasteiger partial charge < -0.3 is 5.32 Å². The summed E-state index contributed by atoms with van der Waals surface area (Å²) >= 11 is 0. The molecule has 0 saturated carbocycles. The van der Waals surface area contributed by atoms with Crippen LogP contribution in [0.1, 0.15) is 37.7 Å². The number of aldehydes is 1. The Labute approximate surface area is 117 Å². The summed E-state index contributed by atoms with van der Waals surface area (Å²) in [6.07, 6.45) is 1.32. The maximum Gasteiger partial charge on any atom is 0.269 e. The van der Waals surface area contributed by atoms with Crippen molar-refractivity contribution in [2.75, 3.05) is 7.05 Å². The van der Waals surface area contributed by atoms with Crippen molar-refractivity contribution >= 4 is 12.2 Å². The van der Waals surface area contributed by atoms with Crippen molar-refractivity contribution in [3.8, 4) is 0 Å². The van der Waals surface area contributed by atoms with E-state index in [9.17, 15) is 9.59 Å². The Morgan fingerprint density at radius 2 is 2.10 bits per heavy atom. The summed E-state index contributed by atoms with van der Waals surface area (Å²) in [5.41, 5.74) is 3.70. The zero-order valence-electron chi connectivity index (χ0n) is 11.5. The van der Waals surface area contributed by atoms with Gasteiger partial charge in [0.05, 0.1) is 0 Å². The van der Waals surface area contributed by atoms with Crippen LogP contribution < -0.4 is 5.32 Å². The molecule has 20 heavy (non-hydrogen) atoms. The molecule has 102 valence electrons. The second kappa shape index (κ2) is 6.10.